The molecule has 2 aromatic heterocycles. The number of carbonyl (C=O) groups is 1. The highest BCUT2D eigenvalue weighted by atomic mass is 16.1. The summed E-state index contributed by atoms with van der Waals surface area (Å²) < 4.78 is 0. The zero-order valence-electron chi connectivity index (χ0n) is 13.4. The van der Waals surface area contributed by atoms with Crippen molar-refractivity contribution in [3.63, 3.8) is 0 Å². The van der Waals surface area contributed by atoms with Gasteiger partial charge in [0.2, 0.25) is 0 Å². The second-order valence-electron chi connectivity index (χ2n) is 5.63. The van der Waals surface area contributed by atoms with Gasteiger partial charge in [-0.3, -0.25) is 15.6 Å². The average Bonchev–Trinajstić information content (AvgIpc) is 3.05. The molecule has 1 amide bonds. The summed E-state index contributed by atoms with van der Waals surface area (Å²) in [6.45, 7) is 0.453. The number of amides is 1. The van der Waals surface area contributed by atoms with E-state index in [1.54, 1.807) is 6.20 Å². The van der Waals surface area contributed by atoms with Crippen LogP contribution in [0.5, 0.6) is 0 Å². The van der Waals surface area contributed by atoms with E-state index in [-0.39, 0.29) is 5.91 Å². The van der Waals surface area contributed by atoms with Gasteiger partial charge < -0.3 is 10.3 Å². The lowest BCUT2D eigenvalue weighted by atomic mass is 10.1. The maximum absolute atomic E-state index is 12.3. The molecule has 0 saturated heterocycles. The Labute approximate surface area is 145 Å². The summed E-state index contributed by atoms with van der Waals surface area (Å²) in [4.78, 5) is 19.8. The number of H-pyrrole nitrogens is 1. The standard InChI is InChI=1S/C19H17N5O/c25-19-18-14(12-16(22-18)13-6-2-1-3-7-13)15(9-11-21-19)23-24-17-8-4-5-10-20-17/h1-10,12,22-23H,11H2,(H,20,24)(H,21,25). The Kier molecular flexibility index (Phi) is 3.92. The molecular formula is C19H17N5O. The van der Waals surface area contributed by atoms with E-state index in [0.29, 0.717) is 18.1 Å². The monoisotopic (exact) mass is 331 g/mol. The summed E-state index contributed by atoms with van der Waals surface area (Å²) >= 11 is 0. The predicted molar refractivity (Wildman–Crippen MR) is 97.5 cm³/mol. The van der Waals surface area contributed by atoms with Gasteiger partial charge in [-0.1, -0.05) is 36.4 Å². The van der Waals surface area contributed by atoms with E-state index in [2.05, 4.69) is 26.1 Å². The highest BCUT2D eigenvalue weighted by molar-refractivity contribution is 6.00. The van der Waals surface area contributed by atoms with E-state index in [1.165, 1.54) is 0 Å². The second-order valence-corrected chi connectivity index (χ2v) is 5.63. The highest BCUT2D eigenvalue weighted by Crippen LogP contribution is 2.27. The zero-order valence-corrected chi connectivity index (χ0v) is 13.4. The SMILES string of the molecule is O=C1NCC=C(NNc2ccccn2)c2cc(-c3ccccc3)[nH]c21. The van der Waals surface area contributed by atoms with Crippen molar-refractivity contribution < 1.29 is 4.79 Å². The summed E-state index contributed by atoms with van der Waals surface area (Å²) in [7, 11) is 0. The largest absolute Gasteiger partial charge is 0.350 e. The van der Waals surface area contributed by atoms with Crippen LogP contribution >= 0.6 is 0 Å². The maximum Gasteiger partial charge on any atom is 0.268 e. The van der Waals surface area contributed by atoms with E-state index in [4.69, 9.17) is 0 Å². The van der Waals surface area contributed by atoms with Gasteiger partial charge in [-0.15, -0.1) is 0 Å². The molecule has 6 nitrogen and oxygen atoms in total. The minimum absolute atomic E-state index is 0.122. The van der Waals surface area contributed by atoms with Crippen LogP contribution in [0.2, 0.25) is 0 Å². The molecule has 0 atom stereocenters. The van der Waals surface area contributed by atoms with Gasteiger partial charge in [-0.2, -0.15) is 0 Å². The van der Waals surface area contributed by atoms with Crippen LogP contribution < -0.4 is 16.2 Å². The minimum Gasteiger partial charge on any atom is -0.350 e. The highest BCUT2D eigenvalue weighted by Gasteiger charge is 2.21. The molecular weight excluding hydrogens is 314 g/mol. The van der Waals surface area contributed by atoms with E-state index < -0.39 is 0 Å². The number of hydrogen-bond acceptors (Lipinski definition) is 4. The first-order valence-electron chi connectivity index (χ1n) is 8.01. The molecule has 0 unspecified atom stereocenters. The van der Waals surface area contributed by atoms with Crippen LogP contribution in [0.4, 0.5) is 5.82 Å². The Bertz CT molecular complexity index is 916. The van der Waals surface area contributed by atoms with Crippen molar-refractivity contribution in [2.45, 2.75) is 0 Å². The minimum atomic E-state index is -0.122. The zero-order chi connectivity index (χ0) is 17.1. The molecule has 25 heavy (non-hydrogen) atoms. The fourth-order valence-corrected chi connectivity index (χ4v) is 2.75. The quantitative estimate of drug-likeness (QED) is 0.554. The van der Waals surface area contributed by atoms with Crippen molar-refractivity contribution in [3.05, 3.63) is 78.1 Å². The lowest BCUT2D eigenvalue weighted by molar-refractivity contribution is 0.0954. The molecule has 0 aliphatic carbocycles. The summed E-state index contributed by atoms with van der Waals surface area (Å²) in [6.07, 6.45) is 3.65. The van der Waals surface area contributed by atoms with Gasteiger partial charge in [0, 0.05) is 24.0 Å². The first kappa shape index (κ1) is 15.0. The summed E-state index contributed by atoms with van der Waals surface area (Å²) in [5, 5.41) is 2.86. The van der Waals surface area contributed by atoms with Crippen LogP contribution in [-0.4, -0.2) is 22.4 Å². The molecule has 4 N–H and O–H groups in total. The normalized spacial score (nSPS) is 13.3. The van der Waals surface area contributed by atoms with Crippen molar-refractivity contribution in [1.29, 1.82) is 0 Å². The first-order valence-corrected chi connectivity index (χ1v) is 8.01. The van der Waals surface area contributed by atoms with Crippen LogP contribution in [0.3, 0.4) is 0 Å². The van der Waals surface area contributed by atoms with Crippen molar-refractivity contribution in [3.8, 4) is 11.3 Å². The van der Waals surface area contributed by atoms with Gasteiger partial charge in [0.05, 0.1) is 5.70 Å². The van der Waals surface area contributed by atoms with Crippen molar-refractivity contribution >= 4 is 17.4 Å². The number of benzene rings is 1. The van der Waals surface area contributed by atoms with E-state index >= 15 is 0 Å². The predicted octanol–water partition coefficient (Wildman–Crippen LogP) is 2.78. The third-order valence-corrected chi connectivity index (χ3v) is 3.98. The van der Waals surface area contributed by atoms with Crippen molar-refractivity contribution in [1.82, 2.24) is 20.7 Å². The van der Waals surface area contributed by atoms with Gasteiger partial charge in [-0.25, -0.2) is 4.98 Å². The number of nitrogens with one attached hydrogen (secondary N) is 4. The number of fused-ring (bicyclic) bond motifs is 1. The number of nitrogens with zero attached hydrogens (tertiary/aromatic N) is 1. The number of pyridine rings is 1. The fourth-order valence-electron chi connectivity index (χ4n) is 2.75. The molecule has 0 spiro atoms. The summed E-state index contributed by atoms with van der Waals surface area (Å²) in [5.41, 5.74) is 10.3. The molecule has 0 bridgehead atoms. The van der Waals surface area contributed by atoms with Crippen LogP contribution in [-0.2, 0) is 0 Å². The van der Waals surface area contributed by atoms with Crippen molar-refractivity contribution in [2.24, 2.45) is 0 Å². The Morgan fingerprint density at radius 1 is 1.00 bits per heavy atom. The first-order chi connectivity index (χ1) is 12.3. The van der Waals surface area contributed by atoms with E-state index in [9.17, 15) is 4.79 Å². The van der Waals surface area contributed by atoms with Crippen LogP contribution in [0, 0.1) is 0 Å². The average molecular weight is 331 g/mol. The maximum atomic E-state index is 12.3. The molecule has 0 fully saturated rings. The molecule has 6 heteroatoms. The molecule has 1 aliphatic heterocycles. The van der Waals surface area contributed by atoms with Crippen molar-refractivity contribution in [2.75, 3.05) is 12.0 Å². The van der Waals surface area contributed by atoms with Gasteiger partial charge >= 0.3 is 0 Å². The van der Waals surface area contributed by atoms with E-state index in [0.717, 1.165) is 22.5 Å². The molecule has 1 aromatic carbocycles. The topological polar surface area (TPSA) is 81.8 Å². The number of carbonyl (C=O) groups excluding carboxylic acids is 1. The fraction of sp³-hybridized carbons (Fsp3) is 0.0526. The van der Waals surface area contributed by atoms with Gasteiger partial charge in [-0.05, 0) is 29.8 Å². The lowest BCUT2D eigenvalue weighted by Gasteiger charge is -2.11. The third kappa shape index (κ3) is 3.10. The number of rotatable bonds is 4. The number of anilines is 1. The van der Waals surface area contributed by atoms with Gasteiger partial charge in [0.15, 0.2) is 0 Å². The second kappa shape index (κ2) is 6.52. The van der Waals surface area contributed by atoms with Gasteiger partial charge in [0.25, 0.3) is 5.91 Å². The molecule has 0 saturated carbocycles. The third-order valence-electron chi connectivity index (χ3n) is 3.98. The molecule has 3 heterocycles. The molecule has 4 rings (SSSR count). The number of aromatic nitrogens is 2. The van der Waals surface area contributed by atoms with E-state index in [1.807, 2.05) is 60.7 Å². The number of aromatic amines is 1. The van der Waals surface area contributed by atoms with Crippen LogP contribution in [0.15, 0.2) is 66.9 Å². The Balaban J connectivity index is 1.66. The molecule has 3 aromatic rings. The molecule has 1 aliphatic rings. The smallest absolute Gasteiger partial charge is 0.268 e. The summed E-state index contributed by atoms with van der Waals surface area (Å²) in [6, 6.07) is 17.5. The molecule has 124 valence electrons. The number of hydrogen-bond donors (Lipinski definition) is 4. The Morgan fingerprint density at radius 2 is 1.84 bits per heavy atom. The Morgan fingerprint density at radius 3 is 2.64 bits per heavy atom. The molecule has 0 radical (unpaired) electrons. The summed E-state index contributed by atoms with van der Waals surface area (Å²) in [5.74, 6) is 0.579. The Hall–Kier alpha value is -3.54. The van der Waals surface area contributed by atoms with Crippen LogP contribution in [0.1, 0.15) is 16.1 Å². The lowest BCUT2D eigenvalue weighted by Crippen LogP contribution is -2.22. The number of hydrazine groups is 1. The van der Waals surface area contributed by atoms with Crippen LogP contribution in [0.25, 0.3) is 17.0 Å². The van der Waals surface area contributed by atoms with Gasteiger partial charge in [0.1, 0.15) is 11.5 Å².